The monoisotopic (exact) mass is 377 g/mol. The first kappa shape index (κ1) is 17.7. The normalized spacial score (nSPS) is 14.9. The third-order valence-corrected chi connectivity index (χ3v) is 5.36. The molecular formula is C22H20ClN3O. The third-order valence-electron chi connectivity index (χ3n) is 5.04. The van der Waals surface area contributed by atoms with E-state index in [1.165, 1.54) is 0 Å². The first-order chi connectivity index (χ1) is 13.2. The summed E-state index contributed by atoms with van der Waals surface area (Å²) in [4.78, 5) is 23.7. The second-order valence-corrected chi connectivity index (χ2v) is 7.14. The number of piperidine rings is 1. The van der Waals surface area contributed by atoms with E-state index < -0.39 is 0 Å². The molecular weight excluding hydrogens is 358 g/mol. The van der Waals surface area contributed by atoms with E-state index in [1.54, 1.807) is 18.5 Å². The van der Waals surface area contributed by atoms with E-state index in [-0.39, 0.29) is 11.7 Å². The lowest BCUT2D eigenvalue weighted by Crippen LogP contribution is -2.37. The number of aromatic nitrogens is 2. The van der Waals surface area contributed by atoms with Crippen LogP contribution in [0.2, 0.25) is 5.02 Å². The van der Waals surface area contributed by atoms with E-state index in [0.717, 1.165) is 43.0 Å². The number of halogens is 1. The second-order valence-electron chi connectivity index (χ2n) is 6.74. The topological polar surface area (TPSA) is 46.1 Å². The van der Waals surface area contributed by atoms with Gasteiger partial charge in [-0.2, -0.15) is 0 Å². The Balaban J connectivity index is 1.46. The molecule has 27 heavy (non-hydrogen) atoms. The highest BCUT2D eigenvalue weighted by Gasteiger charge is 2.28. The number of ketones is 1. The molecule has 0 saturated carbocycles. The number of benzene rings is 2. The van der Waals surface area contributed by atoms with Crippen LogP contribution in [0.15, 0.2) is 67.0 Å². The van der Waals surface area contributed by atoms with Crippen LogP contribution >= 0.6 is 11.6 Å². The van der Waals surface area contributed by atoms with Crippen molar-refractivity contribution in [3.05, 3.63) is 77.6 Å². The van der Waals surface area contributed by atoms with E-state index in [2.05, 4.69) is 14.9 Å². The lowest BCUT2D eigenvalue weighted by Gasteiger charge is -2.31. The summed E-state index contributed by atoms with van der Waals surface area (Å²) in [5.74, 6) is 0.854. The fraction of sp³-hybridized carbons (Fsp3) is 0.227. The molecule has 2 heterocycles. The van der Waals surface area contributed by atoms with Crippen molar-refractivity contribution in [2.45, 2.75) is 12.8 Å². The Bertz CT molecular complexity index is 923. The fourth-order valence-electron chi connectivity index (χ4n) is 3.54. The summed E-state index contributed by atoms with van der Waals surface area (Å²) in [5, 5.41) is 0.523. The summed E-state index contributed by atoms with van der Waals surface area (Å²) >= 11 is 6.47. The van der Waals surface area contributed by atoms with E-state index in [4.69, 9.17) is 11.6 Å². The van der Waals surface area contributed by atoms with Gasteiger partial charge in [-0.1, -0.05) is 48.0 Å². The molecule has 4 nitrogen and oxygen atoms in total. The van der Waals surface area contributed by atoms with Crippen molar-refractivity contribution >= 4 is 23.3 Å². The van der Waals surface area contributed by atoms with Crippen LogP contribution in [0.1, 0.15) is 23.2 Å². The molecule has 2 aromatic carbocycles. The Kier molecular flexibility index (Phi) is 5.16. The molecule has 0 amide bonds. The Labute approximate surface area is 163 Å². The lowest BCUT2D eigenvalue weighted by molar-refractivity contribution is 0.0900. The Morgan fingerprint density at radius 1 is 0.926 bits per heavy atom. The highest BCUT2D eigenvalue weighted by molar-refractivity contribution is 6.34. The number of carbonyl (C=O) groups excluding carboxylic acids is 1. The standard InChI is InChI=1S/C22H20ClN3O/c23-20-15-18(16-5-2-1-3-6-16)7-8-19(20)21(27)17-9-13-26(14-10-17)22-24-11-4-12-25-22/h1-8,11-12,15,17H,9-10,13-14H2. The molecule has 1 aromatic heterocycles. The first-order valence-electron chi connectivity index (χ1n) is 9.13. The van der Waals surface area contributed by atoms with Crippen LogP contribution in [-0.4, -0.2) is 28.8 Å². The highest BCUT2D eigenvalue weighted by atomic mass is 35.5. The summed E-state index contributed by atoms with van der Waals surface area (Å²) in [6.45, 7) is 1.56. The zero-order valence-electron chi connectivity index (χ0n) is 14.9. The number of anilines is 1. The van der Waals surface area contributed by atoms with Crippen LogP contribution in [-0.2, 0) is 0 Å². The van der Waals surface area contributed by atoms with Crippen molar-refractivity contribution in [2.75, 3.05) is 18.0 Å². The molecule has 0 aliphatic carbocycles. The quantitative estimate of drug-likeness (QED) is 0.607. The third kappa shape index (κ3) is 3.86. The molecule has 1 fully saturated rings. The number of hydrogen-bond acceptors (Lipinski definition) is 4. The second kappa shape index (κ2) is 7.89. The predicted octanol–water partition coefficient (Wildman–Crippen LogP) is 4.90. The van der Waals surface area contributed by atoms with Crippen molar-refractivity contribution in [1.29, 1.82) is 0 Å². The van der Waals surface area contributed by atoms with Gasteiger partial charge in [-0.05, 0) is 42.2 Å². The molecule has 0 bridgehead atoms. The van der Waals surface area contributed by atoms with Crippen LogP contribution in [0.25, 0.3) is 11.1 Å². The number of carbonyl (C=O) groups is 1. The molecule has 0 radical (unpaired) electrons. The number of rotatable bonds is 4. The van der Waals surface area contributed by atoms with Crippen molar-refractivity contribution in [2.24, 2.45) is 5.92 Å². The van der Waals surface area contributed by atoms with E-state index in [1.807, 2.05) is 48.5 Å². The van der Waals surface area contributed by atoms with Crippen LogP contribution in [0.3, 0.4) is 0 Å². The Hall–Kier alpha value is -2.72. The zero-order chi connectivity index (χ0) is 18.6. The van der Waals surface area contributed by atoms with Gasteiger partial charge in [0.05, 0.1) is 5.02 Å². The van der Waals surface area contributed by atoms with Crippen LogP contribution in [0, 0.1) is 5.92 Å². The maximum Gasteiger partial charge on any atom is 0.225 e. The summed E-state index contributed by atoms with van der Waals surface area (Å²) in [7, 11) is 0. The number of nitrogens with zero attached hydrogens (tertiary/aromatic N) is 3. The number of hydrogen-bond donors (Lipinski definition) is 0. The Morgan fingerprint density at radius 3 is 2.30 bits per heavy atom. The van der Waals surface area contributed by atoms with Crippen LogP contribution in [0.4, 0.5) is 5.95 Å². The molecule has 0 unspecified atom stereocenters. The smallest absolute Gasteiger partial charge is 0.225 e. The maximum absolute atomic E-state index is 13.0. The van der Waals surface area contributed by atoms with Gasteiger partial charge in [0.15, 0.2) is 5.78 Å². The van der Waals surface area contributed by atoms with Gasteiger partial charge in [0.1, 0.15) is 0 Å². The molecule has 4 rings (SSSR count). The van der Waals surface area contributed by atoms with Crippen LogP contribution < -0.4 is 4.90 Å². The molecule has 136 valence electrons. The molecule has 1 aliphatic heterocycles. The van der Waals surface area contributed by atoms with Gasteiger partial charge in [-0.25, -0.2) is 9.97 Å². The summed E-state index contributed by atoms with van der Waals surface area (Å²) < 4.78 is 0. The maximum atomic E-state index is 13.0. The predicted molar refractivity (Wildman–Crippen MR) is 108 cm³/mol. The van der Waals surface area contributed by atoms with Gasteiger partial charge in [-0.3, -0.25) is 4.79 Å². The van der Waals surface area contributed by atoms with Gasteiger partial charge in [-0.15, -0.1) is 0 Å². The summed E-state index contributed by atoms with van der Waals surface area (Å²) in [6, 6.07) is 17.6. The molecule has 0 N–H and O–H groups in total. The van der Waals surface area contributed by atoms with Gasteiger partial charge < -0.3 is 4.90 Å². The van der Waals surface area contributed by atoms with Crippen molar-refractivity contribution < 1.29 is 4.79 Å². The fourth-order valence-corrected chi connectivity index (χ4v) is 3.81. The molecule has 3 aromatic rings. The first-order valence-corrected chi connectivity index (χ1v) is 9.51. The minimum atomic E-state index is -0.00922. The highest BCUT2D eigenvalue weighted by Crippen LogP contribution is 2.30. The largest absolute Gasteiger partial charge is 0.341 e. The van der Waals surface area contributed by atoms with Gasteiger partial charge in [0, 0.05) is 37.0 Å². The minimum absolute atomic E-state index is 0.00922. The van der Waals surface area contributed by atoms with Crippen molar-refractivity contribution in [3.8, 4) is 11.1 Å². The van der Waals surface area contributed by atoms with Crippen molar-refractivity contribution in [1.82, 2.24) is 9.97 Å². The lowest BCUT2D eigenvalue weighted by atomic mass is 9.88. The molecule has 1 aliphatic rings. The average molecular weight is 378 g/mol. The minimum Gasteiger partial charge on any atom is -0.341 e. The van der Waals surface area contributed by atoms with Crippen molar-refractivity contribution in [3.63, 3.8) is 0 Å². The zero-order valence-corrected chi connectivity index (χ0v) is 15.6. The van der Waals surface area contributed by atoms with E-state index in [9.17, 15) is 4.79 Å². The molecule has 1 saturated heterocycles. The molecule has 0 atom stereocenters. The van der Waals surface area contributed by atoms with Gasteiger partial charge in [0.2, 0.25) is 5.95 Å². The average Bonchev–Trinajstić information content (AvgIpc) is 2.74. The number of Topliss-reactive ketones (excluding diaryl/α,β-unsaturated/α-hetero) is 1. The molecule has 0 spiro atoms. The SMILES string of the molecule is O=C(c1ccc(-c2ccccc2)cc1Cl)C1CCN(c2ncccn2)CC1. The summed E-state index contributed by atoms with van der Waals surface area (Å²) in [6.07, 6.45) is 5.06. The van der Waals surface area contributed by atoms with Gasteiger partial charge >= 0.3 is 0 Å². The van der Waals surface area contributed by atoms with Gasteiger partial charge in [0.25, 0.3) is 0 Å². The summed E-state index contributed by atoms with van der Waals surface area (Å²) in [5.41, 5.74) is 2.73. The van der Waals surface area contributed by atoms with Crippen LogP contribution in [0.5, 0.6) is 0 Å². The Morgan fingerprint density at radius 2 is 1.63 bits per heavy atom. The van der Waals surface area contributed by atoms with E-state index in [0.29, 0.717) is 10.6 Å². The molecule has 5 heteroatoms. The van der Waals surface area contributed by atoms with E-state index >= 15 is 0 Å².